The van der Waals surface area contributed by atoms with E-state index in [0.717, 1.165) is 22.5 Å². The van der Waals surface area contributed by atoms with Crippen LogP contribution in [-0.4, -0.2) is 24.5 Å². The predicted octanol–water partition coefficient (Wildman–Crippen LogP) is 4.31. The van der Waals surface area contributed by atoms with Gasteiger partial charge in [-0.25, -0.2) is 0 Å². The molecule has 5 nitrogen and oxygen atoms in total. The van der Waals surface area contributed by atoms with Crippen molar-refractivity contribution in [2.24, 2.45) is 0 Å². The molecule has 0 saturated carbocycles. The Morgan fingerprint density at radius 1 is 1.35 bits per heavy atom. The number of benzene rings is 1. The summed E-state index contributed by atoms with van der Waals surface area (Å²) >= 11 is 8.87. The van der Waals surface area contributed by atoms with E-state index in [0.29, 0.717) is 4.77 Å². The first kappa shape index (κ1) is 16.1. The molecular weight excluding hydrogens is 374 g/mol. The van der Waals surface area contributed by atoms with Crippen molar-refractivity contribution in [2.75, 3.05) is 0 Å². The molecule has 0 amide bonds. The monoisotopic (exact) mass is 391 g/mol. The average molecular weight is 392 g/mol. The maximum atomic E-state index is 5.45. The van der Waals surface area contributed by atoms with E-state index in [9.17, 15) is 0 Å². The van der Waals surface area contributed by atoms with Crippen LogP contribution in [0.4, 0.5) is 0 Å². The topological polar surface area (TPSA) is 51.4 Å². The number of nitrogens with one attached hydrogen (secondary N) is 1. The smallest absolute Gasteiger partial charge is 0.199 e. The SMILES string of the molecule is Cc1ccc(-n2c([C@H](C)Cn3cc(Br)cn3)n[nH]c2=S)c(C)c1. The van der Waals surface area contributed by atoms with E-state index in [1.165, 1.54) is 11.1 Å². The molecule has 120 valence electrons. The van der Waals surface area contributed by atoms with Crippen LogP contribution in [-0.2, 0) is 6.54 Å². The molecule has 1 aromatic carbocycles. The van der Waals surface area contributed by atoms with Gasteiger partial charge in [0.05, 0.1) is 22.9 Å². The summed E-state index contributed by atoms with van der Waals surface area (Å²) in [5.41, 5.74) is 3.48. The molecule has 0 aliphatic rings. The molecule has 1 atom stereocenters. The number of aromatic amines is 1. The zero-order valence-electron chi connectivity index (χ0n) is 13.2. The van der Waals surface area contributed by atoms with Gasteiger partial charge < -0.3 is 0 Å². The third kappa shape index (κ3) is 3.30. The minimum Gasteiger partial charge on any atom is -0.272 e. The molecule has 3 aromatic rings. The Balaban J connectivity index is 1.99. The van der Waals surface area contributed by atoms with Crippen molar-refractivity contribution in [3.63, 3.8) is 0 Å². The number of halogens is 1. The summed E-state index contributed by atoms with van der Waals surface area (Å²) in [7, 11) is 0. The summed E-state index contributed by atoms with van der Waals surface area (Å²) in [6, 6.07) is 6.34. The Kier molecular flexibility index (Phi) is 4.50. The summed E-state index contributed by atoms with van der Waals surface area (Å²) in [6.45, 7) is 7.04. The number of rotatable bonds is 4. The van der Waals surface area contributed by atoms with Gasteiger partial charge in [-0.2, -0.15) is 10.2 Å². The number of nitrogens with zero attached hydrogens (tertiary/aromatic N) is 4. The minimum atomic E-state index is 0.162. The number of aromatic nitrogens is 5. The Morgan fingerprint density at radius 2 is 2.13 bits per heavy atom. The van der Waals surface area contributed by atoms with Crippen molar-refractivity contribution < 1.29 is 0 Å². The van der Waals surface area contributed by atoms with Gasteiger partial charge in [0.15, 0.2) is 4.77 Å². The second kappa shape index (κ2) is 6.41. The van der Waals surface area contributed by atoms with E-state index in [4.69, 9.17) is 12.2 Å². The van der Waals surface area contributed by atoms with Crippen molar-refractivity contribution in [3.05, 3.63) is 56.8 Å². The van der Waals surface area contributed by atoms with Crippen LogP contribution in [0.15, 0.2) is 35.1 Å². The lowest BCUT2D eigenvalue weighted by Crippen LogP contribution is -2.13. The molecule has 2 aromatic heterocycles. The van der Waals surface area contributed by atoms with E-state index in [1.54, 1.807) is 6.20 Å². The van der Waals surface area contributed by atoms with Gasteiger partial charge in [0.25, 0.3) is 0 Å². The number of hydrogen-bond donors (Lipinski definition) is 1. The van der Waals surface area contributed by atoms with E-state index >= 15 is 0 Å². The van der Waals surface area contributed by atoms with Gasteiger partial charge in [-0.05, 0) is 53.6 Å². The van der Waals surface area contributed by atoms with Gasteiger partial charge in [-0.1, -0.05) is 24.6 Å². The zero-order valence-corrected chi connectivity index (χ0v) is 15.6. The number of hydrogen-bond acceptors (Lipinski definition) is 3. The van der Waals surface area contributed by atoms with Crippen LogP contribution in [0.3, 0.4) is 0 Å². The molecule has 23 heavy (non-hydrogen) atoms. The third-order valence-corrected chi connectivity index (χ3v) is 4.48. The lowest BCUT2D eigenvalue weighted by Gasteiger charge is -2.15. The summed E-state index contributed by atoms with van der Waals surface area (Å²) in [5.74, 6) is 1.07. The quantitative estimate of drug-likeness (QED) is 0.674. The maximum absolute atomic E-state index is 5.45. The molecule has 0 unspecified atom stereocenters. The molecule has 0 aliphatic heterocycles. The standard InChI is InChI=1S/C16H18BrN5S/c1-10-4-5-14(11(2)6-10)22-15(19-20-16(22)23)12(3)8-21-9-13(17)7-18-21/h4-7,9,12H,8H2,1-3H3,(H,20,23)/t12-/m1/s1. The summed E-state index contributed by atoms with van der Waals surface area (Å²) < 4.78 is 5.50. The van der Waals surface area contributed by atoms with Gasteiger partial charge in [0.2, 0.25) is 0 Å². The normalized spacial score (nSPS) is 12.5. The largest absolute Gasteiger partial charge is 0.272 e. The highest BCUT2D eigenvalue weighted by Crippen LogP contribution is 2.23. The summed E-state index contributed by atoms with van der Waals surface area (Å²) in [5, 5.41) is 11.7. The Labute approximate surface area is 148 Å². The van der Waals surface area contributed by atoms with Gasteiger partial charge in [0.1, 0.15) is 5.82 Å². The van der Waals surface area contributed by atoms with Crippen LogP contribution in [0.2, 0.25) is 0 Å². The maximum Gasteiger partial charge on any atom is 0.199 e. The fourth-order valence-corrected chi connectivity index (χ4v) is 3.29. The fourth-order valence-electron chi connectivity index (χ4n) is 2.73. The van der Waals surface area contributed by atoms with E-state index in [1.807, 2.05) is 15.4 Å². The van der Waals surface area contributed by atoms with E-state index < -0.39 is 0 Å². The molecule has 7 heteroatoms. The number of H-pyrrole nitrogens is 1. The highest BCUT2D eigenvalue weighted by molar-refractivity contribution is 9.10. The van der Waals surface area contributed by atoms with Crippen molar-refractivity contribution in [1.29, 1.82) is 0 Å². The van der Waals surface area contributed by atoms with Crippen LogP contribution >= 0.6 is 28.1 Å². The second-order valence-electron chi connectivity index (χ2n) is 5.79. The van der Waals surface area contributed by atoms with E-state index in [2.05, 4.69) is 70.2 Å². The van der Waals surface area contributed by atoms with Gasteiger partial charge in [-0.15, -0.1) is 0 Å². The minimum absolute atomic E-state index is 0.162. The van der Waals surface area contributed by atoms with Crippen molar-refractivity contribution in [3.8, 4) is 5.69 Å². The van der Waals surface area contributed by atoms with Gasteiger partial charge in [0, 0.05) is 12.1 Å². The van der Waals surface area contributed by atoms with Crippen LogP contribution in [0.25, 0.3) is 5.69 Å². The summed E-state index contributed by atoms with van der Waals surface area (Å²) in [4.78, 5) is 0. The second-order valence-corrected chi connectivity index (χ2v) is 7.10. The molecule has 0 saturated heterocycles. The summed E-state index contributed by atoms with van der Waals surface area (Å²) in [6.07, 6.45) is 3.74. The zero-order chi connectivity index (χ0) is 16.6. The first-order valence-electron chi connectivity index (χ1n) is 7.38. The molecule has 0 spiro atoms. The Hall–Kier alpha value is -1.73. The van der Waals surface area contributed by atoms with Crippen LogP contribution in [0.1, 0.15) is 29.8 Å². The van der Waals surface area contributed by atoms with Crippen molar-refractivity contribution in [1.82, 2.24) is 24.5 Å². The lowest BCUT2D eigenvalue weighted by atomic mass is 10.1. The molecule has 0 aliphatic carbocycles. The van der Waals surface area contributed by atoms with Crippen molar-refractivity contribution >= 4 is 28.1 Å². The fraction of sp³-hybridized carbons (Fsp3) is 0.312. The molecule has 0 fully saturated rings. The highest BCUT2D eigenvalue weighted by atomic mass is 79.9. The van der Waals surface area contributed by atoms with Crippen LogP contribution in [0.5, 0.6) is 0 Å². The predicted molar refractivity (Wildman–Crippen MR) is 96.6 cm³/mol. The molecule has 3 rings (SSSR count). The van der Waals surface area contributed by atoms with Crippen molar-refractivity contribution in [2.45, 2.75) is 33.2 Å². The van der Waals surface area contributed by atoms with E-state index in [-0.39, 0.29) is 5.92 Å². The van der Waals surface area contributed by atoms with Crippen LogP contribution < -0.4 is 0 Å². The average Bonchev–Trinajstić information content (AvgIpc) is 3.05. The molecule has 0 radical (unpaired) electrons. The number of aryl methyl sites for hydroxylation is 2. The molecule has 2 heterocycles. The third-order valence-electron chi connectivity index (χ3n) is 3.79. The first-order valence-corrected chi connectivity index (χ1v) is 8.58. The van der Waals surface area contributed by atoms with Gasteiger partial charge >= 0.3 is 0 Å². The van der Waals surface area contributed by atoms with Gasteiger partial charge in [-0.3, -0.25) is 14.3 Å². The van der Waals surface area contributed by atoms with Crippen LogP contribution in [0, 0.1) is 18.6 Å². The Bertz CT molecular complexity index is 892. The lowest BCUT2D eigenvalue weighted by molar-refractivity contribution is 0.518. The Morgan fingerprint density at radius 3 is 2.78 bits per heavy atom. The first-order chi connectivity index (χ1) is 11.0. The molecule has 0 bridgehead atoms. The molecule has 1 N–H and O–H groups in total. The highest BCUT2D eigenvalue weighted by Gasteiger charge is 2.17. The molecular formula is C16H18BrN5S.